The highest BCUT2D eigenvalue weighted by Gasteiger charge is 2.12. The number of carbonyl (C=O) groups is 1. The van der Waals surface area contributed by atoms with E-state index in [1.807, 2.05) is 19.2 Å². The Morgan fingerprint density at radius 1 is 1.26 bits per heavy atom. The number of thioether (sulfide) groups is 1. The van der Waals surface area contributed by atoms with Crippen molar-refractivity contribution >= 4 is 35.5 Å². The second-order valence-corrected chi connectivity index (χ2v) is 6.85. The lowest BCUT2D eigenvalue weighted by Gasteiger charge is -2.04. The number of aromatic nitrogens is 3. The normalized spacial score (nSPS) is 11.1. The summed E-state index contributed by atoms with van der Waals surface area (Å²) >= 11 is 7.12. The predicted molar refractivity (Wildman–Crippen MR) is 104 cm³/mol. The Kier molecular flexibility index (Phi) is 6.20. The maximum atomic E-state index is 13.5. The summed E-state index contributed by atoms with van der Waals surface area (Å²) in [5, 5.41) is 13.2. The molecule has 138 valence electrons. The molecule has 0 fully saturated rings. The summed E-state index contributed by atoms with van der Waals surface area (Å²) in [6.45, 7) is 0. The van der Waals surface area contributed by atoms with Crippen molar-refractivity contribution in [3.8, 4) is 11.4 Å². The van der Waals surface area contributed by atoms with Crippen LogP contribution in [0.4, 0.5) is 4.39 Å². The maximum Gasteiger partial charge on any atom is 0.250 e. The van der Waals surface area contributed by atoms with Crippen molar-refractivity contribution < 1.29 is 9.18 Å². The van der Waals surface area contributed by atoms with E-state index in [0.29, 0.717) is 21.6 Å². The number of halogens is 2. The molecule has 0 aliphatic carbocycles. The van der Waals surface area contributed by atoms with E-state index in [0.717, 1.165) is 5.56 Å². The van der Waals surface area contributed by atoms with Crippen LogP contribution in [-0.2, 0) is 11.8 Å². The number of hydrogen-bond donors (Lipinski definition) is 1. The lowest BCUT2D eigenvalue weighted by molar-refractivity contribution is -0.118. The van der Waals surface area contributed by atoms with Crippen LogP contribution in [0.3, 0.4) is 0 Å². The zero-order chi connectivity index (χ0) is 19.2. The van der Waals surface area contributed by atoms with Gasteiger partial charge >= 0.3 is 0 Å². The lowest BCUT2D eigenvalue weighted by Crippen LogP contribution is -2.20. The fraction of sp³-hybridized carbons (Fsp3) is 0.111. The van der Waals surface area contributed by atoms with Gasteiger partial charge in [-0.05, 0) is 30.3 Å². The van der Waals surface area contributed by atoms with Gasteiger partial charge in [0.1, 0.15) is 5.82 Å². The van der Waals surface area contributed by atoms with Gasteiger partial charge in [-0.3, -0.25) is 4.79 Å². The SMILES string of the molecule is Cn1c(SCC(=O)NN=Cc2ccccc2F)nnc1-c1ccc(Cl)cc1. The van der Waals surface area contributed by atoms with Gasteiger partial charge in [0.25, 0.3) is 5.91 Å². The fourth-order valence-corrected chi connectivity index (χ4v) is 3.04. The van der Waals surface area contributed by atoms with E-state index in [9.17, 15) is 9.18 Å². The smallest absolute Gasteiger partial charge is 0.250 e. The van der Waals surface area contributed by atoms with Crippen LogP contribution in [-0.4, -0.2) is 32.6 Å². The molecule has 1 amide bonds. The van der Waals surface area contributed by atoms with Crippen LogP contribution < -0.4 is 5.43 Å². The van der Waals surface area contributed by atoms with Gasteiger partial charge in [-0.15, -0.1) is 10.2 Å². The Bertz CT molecular complexity index is 974. The van der Waals surface area contributed by atoms with Crippen LogP contribution in [0.2, 0.25) is 5.02 Å². The van der Waals surface area contributed by atoms with Gasteiger partial charge in [-0.25, -0.2) is 9.82 Å². The molecule has 0 bridgehead atoms. The van der Waals surface area contributed by atoms with Crippen molar-refractivity contribution in [2.45, 2.75) is 5.16 Å². The zero-order valence-electron chi connectivity index (χ0n) is 14.3. The number of benzene rings is 2. The van der Waals surface area contributed by atoms with E-state index in [1.54, 1.807) is 34.9 Å². The van der Waals surface area contributed by atoms with Crippen LogP contribution in [0, 0.1) is 5.82 Å². The Labute approximate surface area is 164 Å². The van der Waals surface area contributed by atoms with Crippen molar-refractivity contribution in [1.82, 2.24) is 20.2 Å². The standard InChI is InChI=1S/C18H15ClFN5OS/c1-25-17(12-6-8-14(19)9-7-12)23-24-18(25)27-11-16(26)22-21-10-13-4-2-3-5-15(13)20/h2-10H,11H2,1H3,(H,22,26). The molecule has 6 nitrogen and oxygen atoms in total. The highest BCUT2D eigenvalue weighted by atomic mass is 35.5. The number of carbonyl (C=O) groups excluding carboxylic acids is 1. The van der Waals surface area contributed by atoms with Crippen molar-refractivity contribution in [3.63, 3.8) is 0 Å². The fourth-order valence-electron chi connectivity index (χ4n) is 2.21. The first-order valence-electron chi connectivity index (χ1n) is 7.89. The molecule has 1 aromatic heterocycles. The molecule has 2 aromatic carbocycles. The monoisotopic (exact) mass is 403 g/mol. The summed E-state index contributed by atoms with van der Waals surface area (Å²) in [6, 6.07) is 13.4. The molecule has 9 heteroatoms. The van der Waals surface area contributed by atoms with Gasteiger partial charge in [0, 0.05) is 23.2 Å². The Balaban J connectivity index is 1.56. The molecule has 0 atom stereocenters. The highest BCUT2D eigenvalue weighted by molar-refractivity contribution is 7.99. The molecule has 0 aliphatic rings. The van der Waals surface area contributed by atoms with Crippen molar-refractivity contribution in [2.24, 2.45) is 12.1 Å². The minimum atomic E-state index is -0.404. The Morgan fingerprint density at radius 2 is 2.00 bits per heavy atom. The third kappa shape index (κ3) is 4.93. The molecule has 0 saturated heterocycles. The van der Waals surface area contributed by atoms with Gasteiger partial charge < -0.3 is 4.57 Å². The van der Waals surface area contributed by atoms with Gasteiger partial charge in [-0.2, -0.15) is 5.10 Å². The Morgan fingerprint density at radius 3 is 2.74 bits per heavy atom. The number of hydrazone groups is 1. The quantitative estimate of drug-likeness (QED) is 0.388. The lowest BCUT2D eigenvalue weighted by atomic mass is 10.2. The van der Waals surface area contributed by atoms with E-state index in [4.69, 9.17) is 11.6 Å². The van der Waals surface area contributed by atoms with E-state index >= 15 is 0 Å². The molecule has 3 aromatic rings. The molecule has 0 spiro atoms. The molecule has 27 heavy (non-hydrogen) atoms. The number of nitrogens with one attached hydrogen (secondary N) is 1. The first-order valence-corrected chi connectivity index (χ1v) is 9.25. The average molecular weight is 404 g/mol. The third-order valence-electron chi connectivity index (χ3n) is 3.57. The number of rotatable bonds is 6. The number of amides is 1. The highest BCUT2D eigenvalue weighted by Crippen LogP contribution is 2.23. The van der Waals surface area contributed by atoms with Crippen LogP contribution in [0.15, 0.2) is 58.8 Å². The van der Waals surface area contributed by atoms with Gasteiger partial charge in [0.05, 0.1) is 12.0 Å². The molecular weight excluding hydrogens is 389 g/mol. The van der Waals surface area contributed by atoms with Crippen LogP contribution in [0.25, 0.3) is 11.4 Å². The topological polar surface area (TPSA) is 72.2 Å². The summed E-state index contributed by atoms with van der Waals surface area (Å²) in [4.78, 5) is 11.9. The largest absolute Gasteiger partial charge is 0.305 e. The van der Waals surface area contributed by atoms with E-state index in [-0.39, 0.29) is 11.7 Å². The molecule has 0 aliphatic heterocycles. The first kappa shape index (κ1) is 19.1. The molecule has 1 N–H and O–H groups in total. The second kappa shape index (κ2) is 8.79. The summed E-state index contributed by atoms with van der Waals surface area (Å²) in [7, 11) is 1.82. The van der Waals surface area contributed by atoms with E-state index < -0.39 is 5.82 Å². The summed E-state index contributed by atoms with van der Waals surface area (Å²) in [6.07, 6.45) is 1.26. The van der Waals surface area contributed by atoms with Crippen LogP contribution >= 0.6 is 23.4 Å². The number of hydrogen-bond acceptors (Lipinski definition) is 5. The third-order valence-corrected chi connectivity index (χ3v) is 4.84. The summed E-state index contributed by atoms with van der Waals surface area (Å²) < 4.78 is 15.3. The summed E-state index contributed by atoms with van der Waals surface area (Å²) in [5.74, 6) is 0.0377. The zero-order valence-corrected chi connectivity index (χ0v) is 15.8. The number of nitrogens with zero attached hydrogens (tertiary/aromatic N) is 4. The maximum absolute atomic E-state index is 13.5. The van der Waals surface area contributed by atoms with Gasteiger partial charge in [0.15, 0.2) is 11.0 Å². The molecule has 0 saturated carbocycles. The Hall–Kier alpha value is -2.71. The minimum absolute atomic E-state index is 0.0984. The van der Waals surface area contributed by atoms with Crippen molar-refractivity contribution in [1.29, 1.82) is 0 Å². The molecule has 1 heterocycles. The average Bonchev–Trinajstić information content (AvgIpc) is 3.03. The van der Waals surface area contributed by atoms with Gasteiger partial charge in [0.2, 0.25) is 0 Å². The van der Waals surface area contributed by atoms with Gasteiger partial charge in [-0.1, -0.05) is 41.6 Å². The van der Waals surface area contributed by atoms with E-state index in [1.165, 1.54) is 24.0 Å². The van der Waals surface area contributed by atoms with Crippen LogP contribution in [0.5, 0.6) is 0 Å². The molecular formula is C18H15ClFN5OS. The molecule has 3 rings (SSSR count). The minimum Gasteiger partial charge on any atom is -0.305 e. The second-order valence-electron chi connectivity index (χ2n) is 5.48. The van der Waals surface area contributed by atoms with Crippen molar-refractivity contribution in [3.05, 3.63) is 64.9 Å². The van der Waals surface area contributed by atoms with Crippen molar-refractivity contribution in [2.75, 3.05) is 5.75 Å². The molecule has 0 radical (unpaired) electrons. The predicted octanol–water partition coefficient (Wildman–Crippen LogP) is 3.52. The summed E-state index contributed by atoms with van der Waals surface area (Å²) in [5.41, 5.74) is 3.54. The van der Waals surface area contributed by atoms with Crippen LogP contribution in [0.1, 0.15) is 5.56 Å². The van der Waals surface area contributed by atoms with E-state index in [2.05, 4.69) is 20.7 Å². The molecule has 0 unspecified atom stereocenters. The first-order chi connectivity index (χ1) is 13.0.